The fourth-order valence-corrected chi connectivity index (χ4v) is 4.89. The van der Waals surface area contributed by atoms with E-state index in [-0.39, 0.29) is 22.4 Å². The number of sulfonamides is 1. The Bertz CT molecular complexity index is 699. The van der Waals surface area contributed by atoms with Crippen molar-refractivity contribution in [1.82, 2.24) is 9.21 Å². The van der Waals surface area contributed by atoms with Crippen LogP contribution in [0.25, 0.3) is 0 Å². The average Bonchev–Trinajstić information content (AvgIpc) is 2.62. The molecular weight excluding hydrogens is 362 g/mol. The van der Waals surface area contributed by atoms with Crippen molar-refractivity contribution in [3.63, 3.8) is 0 Å². The number of piperidine rings is 1. The third-order valence-corrected chi connectivity index (χ3v) is 6.79. The second-order valence-electron chi connectivity index (χ2n) is 6.12. The van der Waals surface area contributed by atoms with Gasteiger partial charge >= 0.3 is 0 Å². The summed E-state index contributed by atoms with van der Waals surface area (Å²) in [6, 6.07) is 4.59. The van der Waals surface area contributed by atoms with E-state index < -0.39 is 10.0 Å². The molecule has 1 N–H and O–H groups in total. The minimum atomic E-state index is -3.64. The van der Waals surface area contributed by atoms with Crippen LogP contribution in [0.15, 0.2) is 23.1 Å². The van der Waals surface area contributed by atoms with E-state index in [1.165, 1.54) is 16.4 Å². The Balaban J connectivity index is 2.18. The van der Waals surface area contributed by atoms with Gasteiger partial charge in [0.1, 0.15) is 4.90 Å². The van der Waals surface area contributed by atoms with E-state index >= 15 is 0 Å². The van der Waals surface area contributed by atoms with E-state index in [2.05, 4.69) is 5.32 Å². The smallest absolute Gasteiger partial charge is 0.244 e. The third-order valence-electron chi connectivity index (χ3n) is 4.41. The fraction of sp³-hybridized carbons (Fsp3) is 0.588. The highest BCUT2D eigenvalue weighted by molar-refractivity contribution is 7.89. The number of likely N-dealkylation sites (N-methyl/N-ethyl adjacent to an activating group) is 1. The zero-order valence-corrected chi connectivity index (χ0v) is 16.4. The maximum absolute atomic E-state index is 12.8. The van der Waals surface area contributed by atoms with Gasteiger partial charge < -0.3 is 5.32 Å². The van der Waals surface area contributed by atoms with Crippen LogP contribution in [-0.4, -0.2) is 56.3 Å². The van der Waals surface area contributed by atoms with Gasteiger partial charge in [-0.25, -0.2) is 8.42 Å². The van der Waals surface area contributed by atoms with Crippen molar-refractivity contribution in [3.05, 3.63) is 23.2 Å². The Morgan fingerprint density at radius 3 is 2.44 bits per heavy atom. The molecule has 0 aromatic heterocycles. The van der Waals surface area contributed by atoms with E-state index in [0.29, 0.717) is 18.8 Å². The summed E-state index contributed by atoms with van der Waals surface area (Å²) in [6.07, 6.45) is 2.76. The molecule has 1 aliphatic heterocycles. The molecule has 6 nitrogen and oxygen atoms in total. The van der Waals surface area contributed by atoms with Crippen molar-refractivity contribution < 1.29 is 13.2 Å². The molecule has 0 atom stereocenters. The average molecular weight is 388 g/mol. The van der Waals surface area contributed by atoms with Gasteiger partial charge in [-0.3, -0.25) is 9.69 Å². The van der Waals surface area contributed by atoms with Crippen LogP contribution in [0.2, 0.25) is 5.02 Å². The zero-order chi connectivity index (χ0) is 18.4. The number of halogens is 1. The van der Waals surface area contributed by atoms with Gasteiger partial charge in [-0.15, -0.1) is 0 Å². The summed E-state index contributed by atoms with van der Waals surface area (Å²) in [4.78, 5) is 14.2. The molecule has 1 heterocycles. The number of carbonyl (C=O) groups excluding carboxylic acids is 1. The van der Waals surface area contributed by atoms with Gasteiger partial charge in [0, 0.05) is 18.8 Å². The van der Waals surface area contributed by atoms with Crippen LogP contribution in [0.1, 0.15) is 33.1 Å². The lowest BCUT2D eigenvalue weighted by Crippen LogP contribution is -2.36. The number of benzene rings is 1. The van der Waals surface area contributed by atoms with Crippen LogP contribution in [0, 0.1) is 0 Å². The van der Waals surface area contributed by atoms with E-state index in [4.69, 9.17) is 11.6 Å². The number of nitrogens with one attached hydrogen (secondary N) is 1. The Labute approximate surface area is 155 Å². The first-order valence-corrected chi connectivity index (χ1v) is 10.5. The van der Waals surface area contributed by atoms with Crippen LogP contribution >= 0.6 is 11.6 Å². The van der Waals surface area contributed by atoms with Crippen LogP contribution in [0.4, 0.5) is 5.69 Å². The lowest BCUT2D eigenvalue weighted by molar-refractivity contribution is -0.117. The first kappa shape index (κ1) is 20.2. The predicted molar refractivity (Wildman–Crippen MR) is 100 cm³/mol. The minimum Gasteiger partial charge on any atom is -0.325 e. The van der Waals surface area contributed by atoms with Gasteiger partial charge in [-0.1, -0.05) is 31.9 Å². The zero-order valence-electron chi connectivity index (χ0n) is 14.8. The number of amides is 1. The van der Waals surface area contributed by atoms with Crippen molar-refractivity contribution in [2.45, 2.75) is 38.0 Å². The summed E-state index contributed by atoms with van der Waals surface area (Å²) in [5, 5.41) is 2.93. The topological polar surface area (TPSA) is 69.7 Å². The highest BCUT2D eigenvalue weighted by atomic mass is 35.5. The second-order valence-corrected chi connectivity index (χ2v) is 8.43. The molecule has 1 aromatic carbocycles. The van der Waals surface area contributed by atoms with Gasteiger partial charge in [-0.2, -0.15) is 4.31 Å². The van der Waals surface area contributed by atoms with Gasteiger partial charge in [0.25, 0.3) is 0 Å². The molecule has 140 valence electrons. The molecule has 0 radical (unpaired) electrons. The standard InChI is InChI=1S/C17H26ClN3O3S/c1-3-20(4-2)13-17(22)19-14-8-9-15(18)16(12-14)25(23,24)21-10-6-5-7-11-21/h8-9,12H,3-7,10-11,13H2,1-2H3,(H,19,22). The number of rotatable bonds is 7. The molecule has 1 aliphatic rings. The normalized spacial score (nSPS) is 16.2. The summed E-state index contributed by atoms with van der Waals surface area (Å²) in [5.41, 5.74) is 0.442. The van der Waals surface area contributed by atoms with Crippen molar-refractivity contribution in [3.8, 4) is 0 Å². The molecule has 1 fully saturated rings. The summed E-state index contributed by atoms with van der Waals surface area (Å²) in [6.45, 7) is 6.82. The first-order chi connectivity index (χ1) is 11.9. The number of carbonyl (C=O) groups is 1. The Morgan fingerprint density at radius 2 is 1.84 bits per heavy atom. The number of hydrogen-bond donors (Lipinski definition) is 1. The first-order valence-electron chi connectivity index (χ1n) is 8.70. The molecule has 0 unspecified atom stereocenters. The molecule has 2 rings (SSSR count). The van der Waals surface area contributed by atoms with Gasteiger partial charge in [0.05, 0.1) is 11.6 Å². The summed E-state index contributed by atoms with van der Waals surface area (Å²) >= 11 is 6.14. The van der Waals surface area contributed by atoms with Crippen LogP contribution in [0.3, 0.4) is 0 Å². The van der Waals surface area contributed by atoms with Crippen molar-refractivity contribution in [1.29, 1.82) is 0 Å². The predicted octanol–water partition coefficient (Wildman–Crippen LogP) is 2.79. The summed E-state index contributed by atoms with van der Waals surface area (Å²) in [7, 11) is -3.64. The van der Waals surface area contributed by atoms with E-state index in [0.717, 1.165) is 32.4 Å². The van der Waals surface area contributed by atoms with Crippen molar-refractivity contribution in [2.24, 2.45) is 0 Å². The van der Waals surface area contributed by atoms with Crippen LogP contribution in [0.5, 0.6) is 0 Å². The highest BCUT2D eigenvalue weighted by Crippen LogP contribution is 2.29. The van der Waals surface area contributed by atoms with Gasteiger partial charge in [0.2, 0.25) is 15.9 Å². The molecule has 0 bridgehead atoms. The molecule has 1 saturated heterocycles. The molecule has 0 saturated carbocycles. The lowest BCUT2D eigenvalue weighted by Gasteiger charge is -2.26. The molecule has 0 aliphatic carbocycles. The van der Waals surface area contributed by atoms with E-state index in [9.17, 15) is 13.2 Å². The number of anilines is 1. The van der Waals surface area contributed by atoms with E-state index in [1.54, 1.807) is 6.07 Å². The number of hydrogen-bond acceptors (Lipinski definition) is 4. The molecule has 8 heteroatoms. The monoisotopic (exact) mass is 387 g/mol. The van der Waals surface area contributed by atoms with Crippen LogP contribution < -0.4 is 5.32 Å². The van der Waals surface area contributed by atoms with Gasteiger partial charge in [0.15, 0.2) is 0 Å². The lowest BCUT2D eigenvalue weighted by atomic mass is 10.2. The highest BCUT2D eigenvalue weighted by Gasteiger charge is 2.28. The largest absolute Gasteiger partial charge is 0.325 e. The molecular formula is C17H26ClN3O3S. The molecule has 1 aromatic rings. The van der Waals surface area contributed by atoms with Crippen molar-refractivity contribution in [2.75, 3.05) is 38.0 Å². The van der Waals surface area contributed by atoms with Crippen molar-refractivity contribution >= 4 is 33.2 Å². The Morgan fingerprint density at radius 1 is 1.20 bits per heavy atom. The number of nitrogens with zero attached hydrogens (tertiary/aromatic N) is 2. The third kappa shape index (κ3) is 5.17. The van der Waals surface area contributed by atoms with E-state index in [1.807, 2.05) is 18.7 Å². The second kappa shape index (κ2) is 8.98. The maximum atomic E-state index is 12.8. The SMILES string of the molecule is CCN(CC)CC(=O)Nc1ccc(Cl)c(S(=O)(=O)N2CCCCC2)c1. The quantitative estimate of drug-likeness (QED) is 0.781. The summed E-state index contributed by atoms with van der Waals surface area (Å²) in [5.74, 6) is -0.174. The Hall–Kier alpha value is -1.15. The maximum Gasteiger partial charge on any atom is 0.244 e. The van der Waals surface area contributed by atoms with Crippen LogP contribution in [-0.2, 0) is 14.8 Å². The molecule has 0 spiro atoms. The fourth-order valence-electron chi connectivity index (χ4n) is 2.87. The Kier molecular flexibility index (Phi) is 7.25. The molecule has 25 heavy (non-hydrogen) atoms. The van der Waals surface area contributed by atoms with Gasteiger partial charge in [-0.05, 0) is 44.1 Å². The minimum absolute atomic E-state index is 0.0525. The summed E-state index contributed by atoms with van der Waals surface area (Å²) < 4.78 is 27.1. The molecule has 1 amide bonds.